The van der Waals surface area contributed by atoms with Gasteiger partial charge in [0.25, 0.3) is 5.91 Å². The molecule has 2 heterocycles. The van der Waals surface area contributed by atoms with Gasteiger partial charge >= 0.3 is 0 Å². The molecule has 0 saturated carbocycles. The van der Waals surface area contributed by atoms with Crippen molar-refractivity contribution in [2.24, 2.45) is 0 Å². The number of rotatable bonds is 6. The Labute approximate surface area is 185 Å². The Balaban J connectivity index is 1.23. The maximum Gasteiger partial charge on any atom is 0.256 e. The zero-order valence-electron chi connectivity index (χ0n) is 17.4. The van der Waals surface area contributed by atoms with Gasteiger partial charge in [-0.3, -0.25) is 9.69 Å². The molecule has 0 bridgehead atoms. The maximum atomic E-state index is 14.0. The van der Waals surface area contributed by atoms with E-state index >= 15 is 0 Å². The molecule has 1 amide bonds. The fourth-order valence-corrected chi connectivity index (χ4v) is 3.80. The Morgan fingerprint density at radius 2 is 1.87 bits per heavy atom. The van der Waals surface area contributed by atoms with E-state index in [0.717, 1.165) is 31.6 Å². The highest BCUT2D eigenvalue weighted by Gasteiger charge is 2.24. The number of hydrogen-bond acceptors (Lipinski definition) is 5. The van der Waals surface area contributed by atoms with E-state index in [-0.39, 0.29) is 16.5 Å². The van der Waals surface area contributed by atoms with Crippen LogP contribution in [0.2, 0.25) is 5.02 Å². The van der Waals surface area contributed by atoms with Gasteiger partial charge in [0.1, 0.15) is 5.82 Å². The standard InChI is InChI=1S/C23H24ClFN4O2/c1-16-4-6-17(7-5-16)22-26-21(31-27-22)3-2-10-28-11-13-29(14-12-28)23(30)19-9-8-18(24)15-20(19)25/h4-9,15H,2-3,10-14H2,1H3. The van der Waals surface area contributed by atoms with Crippen LogP contribution in [0.1, 0.15) is 28.2 Å². The number of carbonyl (C=O) groups is 1. The maximum absolute atomic E-state index is 14.0. The number of halogens is 2. The normalized spacial score (nSPS) is 14.7. The quantitative estimate of drug-likeness (QED) is 0.571. The molecule has 1 aromatic heterocycles. The van der Waals surface area contributed by atoms with Crippen molar-refractivity contribution in [3.05, 3.63) is 70.3 Å². The molecule has 31 heavy (non-hydrogen) atoms. The second-order valence-electron chi connectivity index (χ2n) is 7.74. The third kappa shape index (κ3) is 5.29. The molecule has 0 aliphatic carbocycles. The molecule has 0 radical (unpaired) electrons. The molecule has 8 heteroatoms. The number of benzene rings is 2. The van der Waals surface area contributed by atoms with Crippen molar-refractivity contribution in [3.63, 3.8) is 0 Å². The van der Waals surface area contributed by atoms with Crippen LogP contribution < -0.4 is 0 Å². The van der Waals surface area contributed by atoms with E-state index in [1.807, 2.05) is 31.2 Å². The van der Waals surface area contributed by atoms with Gasteiger partial charge in [0.15, 0.2) is 0 Å². The van der Waals surface area contributed by atoms with Crippen molar-refractivity contribution in [1.82, 2.24) is 19.9 Å². The molecule has 0 atom stereocenters. The van der Waals surface area contributed by atoms with Crippen LogP contribution in [0.15, 0.2) is 47.0 Å². The number of aromatic nitrogens is 2. The highest BCUT2D eigenvalue weighted by Crippen LogP contribution is 2.18. The summed E-state index contributed by atoms with van der Waals surface area (Å²) in [6, 6.07) is 12.2. The number of nitrogens with zero attached hydrogens (tertiary/aromatic N) is 4. The molecule has 1 saturated heterocycles. The Kier molecular flexibility index (Phi) is 6.63. The number of piperazine rings is 1. The molecule has 6 nitrogen and oxygen atoms in total. The molecule has 0 unspecified atom stereocenters. The summed E-state index contributed by atoms with van der Waals surface area (Å²) in [6.07, 6.45) is 1.59. The first kappa shape index (κ1) is 21.5. The van der Waals surface area contributed by atoms with E-state index in [1.165, 1.54) is 23.8 Å². The Morgan fingerprint density at radius 3 is 2.58 bits per heavy atom. The second kappa shape index (κ2) is 9.58. The first-order chi connectivity index (χ1) is 15.0. The molecule has 3 aromatic rings. The molecule has 1 aliphatic rings. The fraction of sp³-hybridized carbons (Fsp3) is 0.348. The van der Waals surface area contributed by atoms with Gasteiger partial charge in [0.05, 0.1) is 5.56 Å². The van der Waals surface area contributed by atoms with Crippen molar-refractivity contribution in [2.45, 2.75) is 19.8 Å². The van der Waals surface area contributed by atoms with Crippen LogP contribution in [0.3, 0.4) is 0 Å². The average molecular weight is 443 g/mol. The summed E-state index contributed by atoms with van der Waals surface area (Å²) in [7, 11) is 0. The van der Waals surface area contributed by atoms with Crippen LogP contribution in [-0.2, 0) is 6.42 Å². The SMILES string of the molecule is Cc1ccc(-c2noc(CCCN3CCN(C(=O)c4ccc(Cl)cc4F)CC3)n2)cc1. The predicted octanol–water partition coefficient (Wildman–Crippen LogP) is 4.23. The smallest absolute Gasteiger partial charge is 0.256 e. The Bertz CT molecular complexity index is 1050. The third-order valence-corrected chi connectivity index (χ3v) is 5.70. The summed E-state index contributed by atoms with van der Waals surface area (Å²) >= 11 is 5.77. The van der Waals surface area contributed by atoms with Gasteiger partial charge in [-0.1, -0.05) is 46.6 Å². The minimum absolute atomic E-state index is 0.0682. The minimum Gasteiger partial charge on any atom is -0.339 e. The predicted molar refractivity (Wildman–Crippen MR) is 117 cm³/mol. The zero-order valence-corrected chi connectivity index (χ0v) is 18.1. The van der Waals surface area contributed by atoms with Crippen molar-refractivity contribution < 1.29 is 13.7 Å². The van der Waals surface area contributed by atoms with Gasteiger partial charge in [-0.05, 0) is 38.1 Å². The van der Waals surface area contributed by atoms with E-state index in [9.17, 15) is 9.18 Å². The van der Waals surface area contributed by atoms with Gasteiger partial charge in [-0.15, -0.1) is 0 Å². The molecule has 0 spiro atoms. The van der Waals surface area contributed by atoms with Crippen LogP contribution in [-0.4, -0.2) is 58.6 Å². The lowest BCUT2D eigenvalue weighted by atomic mass is 10.1. The molecule has 0 N–H and O–H groups in total. The monoisotopic (exact) mass is 442 g/mol. The molecule has 1 fully saturated rings. The average Bonchev–Trinajstić information content (AvgIpc) is 3.23. The number of carbonyl (C=O) groups excluding carboxylic acids is 1. The number of amides is 1. The summed E-state index contributed by atoms with van der Waals surface area (Å²) in [6.45, 7) is 5.55. The topological polar surface area (TPSA) is 62.5 Å². The number of aryl methyl sites for hydroxylation is 2. The lowest BCUT2D eigenvalue weighted by molar-refractivity contribution is 0.0631. The highest BCUT2D eigenvalue weighted by molar-refractivity contribution is 6.30. The van der Waals surface area contributed by atoms with Crippen molar-refractivity contribution in [1.29, 1.82) is 0 Å². The van der Waals surface area contributed by atoms with E-state index in [4.69, 9.17) is 16.1 Å². The van der Waals surface area contributed by atoms with Gasteiger partial charge in [-0.2, -0.15) is 4.98 Å². The third-order valence-electron chi connectivity index (χ3n) is 5.46. The molecule has 4 rings (SSSR count). The van der Waals surface area contributed by atoms with Crippen molar-refractivity contribution in [2.75, 3.05) is 32.7 Å². The largest absolute Gasteiger partial charge is 0.339 e. The summed E-state index contributed by atoms with van der Waals surface area (Å²) in [5.41, 5.74) is 2.20. The fourth-order valence-electron chi connectivity index (χ4n) is 3.64. The van der Waals surface area contributed by atoms with Crippen LogP contribution in [0, 0.1) is 12.7 Å². The van der Waals surface area contributed by atoms with Gasteiger partial charge in [0, 0.05) is 43.2 Å². The summed E-state index contributed by atoms with van der Waals surface area (Å²) in [5, 5.41) is 4.35. The van der Waals surface area contributed by atoms with E-state index in [2.05, 4.69) is 15.0 Å². The lowest BCUT2D eigenvalue weighted by Crippen LogP contribution is -2.49. The van der Waals surface area contributed by atoms with Crippen LogP contribution >= 0.6 is 11.6 Å². The minimum atomic E-state index is -0.579. The lowest BCUT2D eigenvalue weighted by Gasteiger charge is -2.34. The Morgan fingerprint density at radius 1 is 1.13 bits per heavy atom. The molecular weight excluding hydrogens is 419 g/mol. The van der Waals surface area contributed by atoms with Crippen molar-refractivity contribution in [3.8, 4) is 11.4 Å². The molecule has 2 aromatic carbocycles. The summed E-state index contributed by atoms with van der Waals surface area (Å²) in [5.74, 6) is 0.368. The van der Waals surface area contributed by atoms with Gasteiger partial charge in [0.2, 0.25) is 11.7 Å². The first-order valence-electron chi connectivity index (χ1n) is 10.4. The van der Waals surface area contributed by atoms with E-state index in [1.54, 1.807) is 4.90 Å². The van der Waals surface area contributed by atoms with Crippen LogP contribution in [0.25, 0.3) is 11.4 Å². The zero-order chi connectivity index (χ0) is 21.8. The van der Waals surface area contributed by atoms with Crippen LogP contribution in [0.5, 0.6) is 0 Å². The van der Waals surface area contributed by atoms with E-state index < -0.39 is 5.82 Å². The molecular formula is C23H24ClFN4O2. The summed E-state index contributed by atoms with van der Waals surface area (Å²) in [4.78, 5) is 21.0. The van der Waals surface area contributed by atoms with Gasteiger partial charge < -0.3 is 9.42 Å². The second-order valence-corrected chi connectivity index (χ2v) is 8.18. The summed E-state index contributed by atoms with van der Waals surface area (Å²) < 4.78 is 19.4. The highest BCUT2D eigenvalue weighted by atomic mass is 35.5. The molecule has 1 aliphatic heterocycles. The Hall–Kier alpha value is -2.77. The van der Waals surface area contributed by atoms with Gasteiger partial charge in [-0.25, -0.2) is 4.39 Å². The molecule has 162 valence electrons. The van der Waals surface area contributed by atoms with Crippen molar-refractivity contribution >= 4 is 17.5 Å². The van der Waals surface area contributed by atoms with E-state index in [0.29, 0.717) is 31.2 Å². The number of hydrogen-bond donors (Lipinski definition) is 0. The van der Waals surface area contributed by atoms with Crippen LogP contribution in [0.4, 0.5) is 4.39 Å². The first-order valence-corrected chi connectivity index (χ1v) is 10.7.